The molecule has 0 saturated heterocycles. The number of nitriles is 1. The first-order valence-electron chi connectivity index (χ1n) is 4.92. The monoisotopic (exact) mass is 246 g/mol. The van der Waals surface area contributed by atoms with Crippen LogP contribution in [0.15, 0.2) is 33.0 Å². The van der Waals surface area contributed by atoms with Gasteiger partial charge in [-0.15, -0.1) is 5.10 Å². The van der Waals surface area contributed by atoms with Crippen molar-refractivity contribution in [1.29, 1.82) is 5.26 Å². The van der Waals surface area contributed by atoms with Gasteiger partial charge in [0.1, 0.15) is 6.07 Å². The molecule has 1 N–H and O–H groups in total. The van der Waals surface area contributed by atoms with Crippen LogP contribution in [0.5, 0.6) is 0 Å². The Labute approximate surface area is 102 Å². The van der Waals surface area contributed by atoms with Gasteiger partial charge >= 0.3 is 5.69 Å². The third-order valence-corrected chi connectivity index (χ3v) is 3.42. The minimum atomic E-state index is -0.266. The maximum Gasteiger partial charge on any atom is 0.343 e. The maximum absolute atomic E-state index is 11.2. The molecule has 0 bridgehead atoms. The lowest BCUT2D eigenvalue weighted by atomic mass is 10.2. The predicted octanol–water partition coefficient (Wildman–Crippen LogP) is 1.44. The highest BCUT2D eigenvalue weighted by Gasteiger charge is 2.09. The van der Waals surface area contributed by atoms with E-state index in [9.17, 15) is 4.79 Å². The fourth-order valence-electron chi connectivity index (χ4n) is 1.34. The number of benzene rings is 1. The number of aromatic amines is 1. The number of nitrogens with one attached hydrogen (secondary N) is 1. The van der Waals surface area contributed by atoms with Crippen molar-refractivity contribution < 1.29 is 0 Å². The van der Waals surface area contributed by atoms with Gasteiger partial charge < -0.3 is 0 Å². The molecule has 0 aliphatic heterocycles. The van der Waals surface area contributed by atoms with Gasteiger partial charge in [-0.1, -0.05) is 6.07 Å². The van der Waals surface area contributed by atoms with Gasteiger partial charge in [0.25, 0.3) is 0 Å². The first-order chi connectivity index (χ1) is 8.11. The van der Waals surface area contributed by atoms with E-state index in [-0.39, 0.29) is 5.69 Å². The van der Waals surface area contributed by atoms with E-state index in [4.69, 9.17) is 5.26 Å². The number of rotatable bonds is 2. The topological polar surface area (TPSA) is 74.5 Å². The minimum Gasteiger partial charge on any atom is -0.273 e. The summed E-state index contributed by atoms with van der Waals surface area (Å²) in [5.41, 5.74) is 1.35. The van der Waals surface area contributed by atoms with Gasteiger partial charge in [-0.2, -0.15) is 5.26 Å². The van der Waals surface area contributed by atoms with E-state index in [1.807, 2.05) is 25.1 Å². The molecule has 0 fully saturated rings. The molecular formula is C11H10N4OS. The Bertz CT molecular complexity index is 650. The lowest BCUT2D eigenvalue weighted by molar-refractivity contribution is 0.766. The van der Waals surface area contributed by atoms with Crippen molar-refractivity contribution in [2.45, 2.75) is 17.0 Å². The van der Waals surface area contributed by atoms with Gasteiger partial charge in [0.05, 0.1) is 5.56 Å². The Hall–Kier alpha value is -2.00. The lowest BCUT2D eigenvalue weighted by Gasteiger charge is -2.03. The molecule has 0 spiro atoms. The average Bonchev–Trinajstić information content (AvgIpc) is 2.63. The molecule has 0 unspecified atom stereocenters. The van der Waals surface area contributed by atoms with Gasteiger partial charge in [0.2, 0.25) is 0 Å². The molecule has 0 atom stereocenters. The molecule has 1 heterocycles. The molecule has 6 heteroatoms. The van der Waals surface area contributed by atoms with Crippen LogP contribution in [-0.2, 0) is 7.05 Å². The number of hydrogen-bond acceptors (Lipinski definition) is 4. The van der Waals surface area contributed by atoms with Gasteiger partial charge in [-0.05, 0) is 36.4 Å². The van der Waals surface area contributed by atoms with Crippen LogP contribution in [0.1, 0.15) is 11.1 Å². The Morgan fingerprint density at radius 2 is 2.29 bits per heavy atom. The van der Waals surface area contributed by atoms with Crippen LogP contribution in [0.4, 0.5) is 0 Å². The molecule has 1 aromatic heterocycles. The lowest BCUT2D eigenvalue weighted by Crippen LogP contribution is -2.12. The fraction of sp³-hybridized carbons (Fsp3) is 0.182. The summed E-state index contributed by atoms with van der Waals surface area (Å²) in [4.78, 5) is 12.0. The van der Waals surface area contributed by atoms with E-state index in [1.54, 1.807) is 7.05 Å². The quantitative estimate of drug-likeness (QED) is 0.870. The van der Waals surface area contributed by atoms with E-state index < -0.39 is 0 Å². The van der Waals surface area contributed by atoms with E-state index in [0.29, 0.717) is 10.7 Å². The summed E-state index contributed by atoms with van der Waals surface area (Å²) in [7, 11) is 1.63. The van der Waals surface area contributed by atoms with Gasteiger partial charge in [-0.3, -0.25) is 4.57 Å². The predicted molar refractivity (Wildman–Crippen MR) is 63.8 cm³/mol. The smallest absolute Gasteiger partial charge is 0.273 e. The van der Waals surface area contributed by atoms with E-state index in [0.717, 1.165) is 10.5 Å². The number of H-pyrrole nitrogens is 1. The second-order valence-electron chi connectivity index (χ2n) is 3.58. The summed E-state index contributed by atoms with van der Waals surface area (Å²) in [6, 6.07) is 7.73. The third-order valence-electron chi connectivity index (χ3n) is 2.30. The van der Waals surface area contributed by atoms with Gasteiger partial charge in [0.15, 0.2) is 5.16 Å². The van der Waals surface area contributed by atoms with Gasteiger partial charge in [0, 0.05) is 11.9 Å². The van der Waals surface area contributed by atoms with Crippen molar-refractivity contribution in [3.05, 3.63) is 39.8 Å². The van der Waals surface area contributed by atoms with Crippen molar-refractivity contribution in [2.75, 3.05) is 0 Å². The molecular weight excluding hydrogens is 236 g/mol. The van der Waals surface area contributed by atoms with Crippen molar-refractivity contribution in [3.8, 4) is 6.07 Å². The highest BCUT2D eigenvalue weighted by Crippen LogP contribution is 2.28. The van der Waals surface area contributed by atoms with Crippen LogP contribution in [0.25, 0.3) is 0 Å². The Kier molecular flexibility index (Phi) is 3.02. The zero-order valence-electron chi connectivity index (χ0n) is 9.39. The Balaban J connectivity index is 2.40. The Morgan fingerprint density at radius 3 is 2.88 bits per heavy atom. The highest BCUT2D eigenvalue weighted by atomic mass is 32.2. The van der Waals surface area contributed by atoms with Crippen molar-refractivity contribution in [1.82, 2.24) is 14.8 Å². The van der Waals surface area contributed by atoms with Crippen LogP contribution in [0, 0.1) is 18.3 Å². The first-order valence-corrected chi connectivity index (χ1v) is 5.73. The standard InChI is InChI=1S/C11H10N4OS/c1-7-3-4-9(8(5-7)6-12)17-11-14-13-10(16)15(11)2/h3-5H,1-2H3,(H,13,16). The van der Waals surface area contributed by atoms with Crippen molar-refractivity contribution in [3.63, 3.8) is 0 Å². The largest absolute Gasteiger partial charge is 0.343 e. The highest BCUT2D eigenvalue weighted by molar-refractivity contribution is 7.99. The first kappa shape index (κ1) is 11.5. The van der Waals surface area contributed by atoms with Crippen LogP contribution < -0.4 is 5.69 Å². The van der Waals surface area contributed by atoms with Crippen LogP contribution >= 0.6 is 11.8 Å². The number of nitrogens with zero attached hydrogens (tertiary/aromatic N) is 3. The average molecular weight is 246 g/mol. The second kappa shape index (κ2) is 4.47. The second-order valence-corrected chi connectivity index (χ2v) is 4.59. The molecule has 86 valence electrons. The Morgan fingerprint density at radius 1 is 1.53 bits per heavy atom. The fourth-order valence-corrected chi connectivity index (χ4v) is 2.20. The van der Waals surface area contributed by atoms with Gasteiger partial charge in [-0.25, -0.2) is 9.89 Å². The molecule has 1 aromatic carbocycles. The SMILES string of the molecule is Cc1ccc(Sc2n[nH]c(=O)n2C)c(C#N)c1. The van der Waals surface area contributed by atoms with Crippen LogP contribution in [0.3, 0.4) is 0 Å². The summed E-state index contributed by atoms with van der Waals surface area (Å²) in [6.07, 6.45) is 0. The summed E-state index contributed by atoms with van der Waals surface area (Å²) in [5, 5.41) is 15.8. The van der Waals surface area contributed by atoms with E-state index >= 15 is 0 Å². The molecule has 0 saturated carbocycles. The van der Waals surface area contributed by atoms with E-state index in [1.165, 1.54) is 16.3 Å². The molecule has 2 aromatic rings. The van der Waals surface area contributed by atoms with Crippen LogP contribution in [0.2, 0.25) is 0 Å². The third kappa shape index (κ3) is 2.24. The molecule has 0 aliphatic rings. The zero-order chi connectivity index (χ0) is 12.4. The summed E-state index contributed by atoms with van der Waals surface area (Å²) < 4.78 is 1.41. The van der Waals surface area contributed by atoms with Crippen LogP contribution in [-0.4, -0.2) is 14.8 Å². The number of hydrogen-bond donors (Lipinski definition) is 1. The molecule has 5 nitrogen and oxygen atoms in total. The van der Waals surface area contributed by atoms with E-state index in [2.05, 4.69) is 16.3 Å². The van der Waals surface area contributed by atoms with Crippen molar-refractivity contribution in [2.24, 2.45) is 7.05 Å². The normalized spacial score (nSPS) is 10.2. The molecule has 2 rings (SSSR count). The zero-order valence-corrected chi connectivity index (χ0v) is 10.2. The molecule has 17 heavy (non-hydrogen) atoms. The molecule has 0 radical (unpaired) electrons. The molecule has 0 amide bonds. The summed E-state index contributed by atoms with van der Waals surface area (Å²) >= 11 is 1.29. The minimum absolute atomic E-state index is 0.266. The summed E-state index contributed by atoms with van der Waals surface area (Å²) in [6.45, 7) is 1.93. The van der Waals surface area contributed by atoms with Crippen molar-refractivity contribution >= 4 is 11.8 Å². The maximum atomic E-state index is 11.2. The number of aryl methyl sites for hydroxylation is 1. The molecule has 0 aliphatic carbocycles. The number of aromatic nitrogens is 3. The summed E-state index contributed by atoms with van der Waals surface area (Å²) in [5.74, 6) is 0.